The first-order valence-corrected chi connectivity index (χ1v) is 4.37. The van der Waals surface area contributed by atoms with Crippen LogP contribution in [0.2, 0.25) is 0 Å². The smallest absolute Gasteiger partial charge is 0.244 e. The average Bonchev–Trinajstić information content (AvgIpc) is 2.55. The third kappa shape index (κ3) is 2.61. The van der Waals surface area contributed by atoms with Crippen molar-refractivity contribution in [2.24, 2.45) is 4.99 Å². The van der Waals surface area contributed by atoms with E-state index in [2.05, 4.69) is 15.6 Å². The second-order valence-electron chi connectivity index (χ2n) is 3.26. The zero-order valence-corrected chi connectivity index (χ0v) is 8.29. The Morgan fingerprint density at radius 1 is 1.69 bits per heavy atom. The van der Waals surface area contributed by atoms with E-state index in [9.17, 15) is 4.79 Å². The van der Waals surface area contributed by atoms with Gasteiger partial charge in [-0.15, -0.1) is 0 Å². The molecule has 5 heteroatoms. The molecule has 74 valence electrons. The highest BCUT2D eigenvalue weighted by Crippen LogP contribution is 1.90. The topological polar surface area (TPSA) is 56.7 Å². The minimum atomic E-state index is -0.223. The Bertz CT molecular complexity index is 224. The summed E-state index contributed by atoms with van der Waals surface area (Å²) >= 11 is 0. The summed E-state index contributed by atoms with van der Waals surface area (Å²) in [6.07, 6.45) is 0. The van der Waals surface area contributed by atoms with Gasteiger partial charge >= 0.3 is 0 Å². The lowest BCUT2D eigenvalue weighted by Crippen LogP contribution is -2.47. The first-order chi connectivity index (χ1) is 6.11. The van der Waals surface area contributed by atoms with Gasteiger partial charge in [-0.05, 0) is 6.92 Å². The van der Waals surface area contributed by atoms with Crippen molar-refractivity contribution in [1.29, 1.82) is 0 Å². The number of likely N-dealkylation sites (N-methyl/N-ethyl adjacent to an activating group) is 1. The number of nitrogens with one attached hydrogen (secondary N) is 2. The van der Waals surface area contributed by atoms with Crippen LogP contribution in [0.4, 0.5) is 0 Å². The van der Waals surface area contributed by atoms with Crippen molar-refractivity contribution in [3.8, 4) is 0 Å². The molecule has 1 amide bonds. The van der Waals surface area contributed by atoms with Crippen molar-refractivity contribution in [2.75, 3.05) is 27.2 Å². The average molecular weight is 184 g/mol. The van der Waals surface area contributed by atoms with E-state index in [0.717, 1.165) is 19.0 Å². The fourth-order valence-electron chi connectivity index (χ4n) is 1.15. The normalized spacial score (nSPS) is 17.3. The second kappa shape index (κ2) is 4.11. The second-order valence-corrected chi connectivity index (χ2v) is 3.26. The van der Waals surface area contributed by atoms with Gasteiger partial charge in [0.05, 0.1) is 6.54 Å². The molecule has 13 heavy (non-hydrogen) atoms. The van der Waals surface area contributed by atoms with E-state index in [-0.39, 0.29) is 11.9 Å². The maximum absolute atomic E-state index is 11.4. The Hall–Kier alpha value is -1.26. The molecule has 1 aliphatic rings. The number of rotatable bonds is 2. The highest BCUT2D eigenvalue weighted by molar-refractivity contribution is 5.89. The zero-order chi connectivity index (χ0) is 9.84. The number of amides is 1. The van der Waals surface area contributed by atoms with E-state index < -0.39 is 0 Å². The first-order valence-electron chi connectivity index (χ1n) is 4.37. The SMILES string of the molecule is CC(NC1=NCCN1)C(=O)N(C)C. The molecule has 2 N–H and O–H groups in total. The van der Waals surface area contributed by atoms with Crippen LogP contribution < -0.4 is 10.6 Å². The molecule has 0 saturated carbocycles. The minimum absolute atomic E-state index is 0.0522. The maximum atomic E-state index is 11.4. The Morgan fingerprint density at radius 2 is 2.38 bits per heavy atom. The van der Waals surface area contributed by atoms with Crippen molar-refractivity contribution in [3.63, 3.8) is 0 Å². The number of hydrogen-bond acceptors (Lipinski definition) is 4. The number of hydrogen-bond donors (Lipinski definition) is 2. The van der Waals surface area contributed by atoms with Gasteiger partial charge in [0, 0.05) is 20.6 Å². The van der Waals surface area contributed by atoms with Crippen molar-refractivity contribution in [3.05, 3.63) is 0 Å². The van der Waals surface area contributed by atoms with Crippen molar-refractivity contribution < 1.29 is 4.79 Å². The standard InChI is InChI=1S/C8H16N4O/c1-6(7(13)12(2)3)11-8-9-4-5-10-8/h6H,4-5H2,1-3H3,(H2,9,10,11). The first kappa shape index (κ1) is 9.83. The van der Waals surface area contributed by atoms with Gasteiger partial charge in [-0.1, -0.05) is 0 Å². The van der Waals surface area contributed by atoms with E-state index in [4.69, 9.17) is 0 Å². The van der Waals surface area contributed by atoms with Gasteiger partial charge in [0.25, 0.3) is 0 Å². The van der Waals surface area contributed by atoms with E-state index in [1.54, 1.807) is 19.0 Å². The number of carbonyl (C=O) groups excluding carboxylic acids is 1. The monoisotopic (exact) mass is 184 g/mol. The zero-order valence-electron chi connectivity index (χ0n) is 8.29. The van der Waals surface area contributed by atoms with Crippen LogP contribution in [-0.2, 0) is 4.79 Å². The van der Waals surface area contributed by atoms with Crippen LogP contribution in [-0.4, -0.2) is 50.0 Å². The molecular formula is C8H16N4O. The Labute approximate surface area is 78.2 Å². The summed E-state index contributed by atoms with van der Waals surface area (Å²) in [4.78, 5) is 17.1. The highest BCUT2D eigenvalue weighted by atomic mass is 16.2. The van der Waals surface area contributed by atoms with Gasteiger partial charge < -0.3 is 15.5 Å². The third-order valence-electron chi connectivity index (χ3n) is 1.84. The molecule has 0 aromatic carbocycles. The van der Waals surface area contributed by atoms with Gasteiger partial charge in [0.2, 0.25) is 5.91 Å². The molecule has 0 aliphatic carbocycles. The molecule has 1 heterocycles. The lowest BCUT2D eigenvalue weighted by Gasteiger charge is -2.18. The molecule has 0 spiro atoms. The molecule has 0 saturated heterocycles. The number of aliphatic imine (C=N–C) groups is 1. The van der Waals surface area contributed by atoms with Crippen molar-refractivity contribution >= 4 is 11.9 Å². The van der Waals surface area contributed by atoms with Gasteiger partial charge in [0.15, 0.2) is 5.96 Å². The van der Waals surface area contributed by atoms with E-state index in [0.29, 0.717) is 0 Å². The van der Waals surface area contributed by atoms with E-state index >= 15 is 0 Å². The largest absolute Gasteiger partial charge is 0.355 e. The van der Waals surface area contributed by atoms with Crippen LogP contribution in [0.5, 0.6) is 0 Å². The molecule has 0 bridgehead atoms. The summed E-state index contributed by atoms with van der Waals surface area (Å²) in [5, 5.41) is 6.06. The molecule has 5 nitrogen and oxygen atoms in total. The third-order valence-corrected chi connectivity index (χ3v) is 1.84. The van der Waals surface area contributed by atoms with Gasteiger partial charge in [-0.3, -0.25) is 9.79 Å². The number of carbonyl (C=O) groups is 1. The van der Waals surface area contributed by atoms with Crippen LogP contribution in [0, 0.1) is 0 Å². The van der Waals surface area contributed by atoms with Crippen LogP contribution >= 0.6 is 0 Å². The molecule has 1 unspecified atom stereocenters. The summed E-state index contributed by atoms with van der Waals surface area (Å²) in [6.45, 7) is 3.46. The lowest BCUT2D eigenvalue weighted by molar-refractivity contribution is -0.130. The molecule has 0 aromatic heterocycles. The van der Waals surface area contributed by atoms with E-state index in [1.807, 2.05) is 6.92 Å². The minimum Gasteiger partial charge on any atom is -0.355 e. The summed E-state index contributed by atoms with van der Waals surface area (Å²) in [7, 11) is 3.48. The molecule has 1 rings (SSSR count). The molecular weight excluding hydrogens is 168 g/mol. The molecule has 0 radical (unpaired) electrons. The van der Waals surface area contributed by atoms with Crippen molar-refractivity contribution in [1.82, 2.24) is 15.5 Å². The Kier molecular flexibility index (Phi) is 3.11. The summed E-state index contributed by atoms with van der Waals surface area (Å²) < 4.78 is 0. The molecule has 0 aromatic rings. The predicted octanol–water partition coefficient (Wildman–Crippen LogP) is -0.988. The quantitative estimate of drug-likeness (QED) is 0.579. The van der Waals surface area contributed by atoms with Gasteiger partial charge in [-0.25, -0.2) is 0 Å². The number of guanidine groups is 1. The summed E-state index contributed by atoms with van der Waals surface area (Å²) in [5.41, 5.74) is 0. The highest BCUT2D eigenvalue weighted by Gasteiger charge is 2.16. The lowest BCUT2D eigenvalue weighted by atomic mass is 10.3. The molecule has 1 atom stereocenters. The van der Waals surface area contributed by atoms with Gasteiger partial charge in [-0.2, -0.15) is 0 Å². The fraction of sp³-hybridized carbons (Fsp3) is 0.750. The van der Waals surface area contributed by atoms with E-state index in [1.165, 1.54) is 0 Å². The van der Waals surface area contributed by atoms with Crippen LogP contribution in [0.1, 0.15) is 6.92 Å². The van der Waals surface area contributed by atoms with Gasteiger partial charge in [0.1, 0.15) is 6.04 Å². The van der Waals surface area contributed by atoms with Crippen LogP contribution in [0.25, 0.3) is 0 Å². The summed E-state index contributed by atoms with van der Waals surface area (Å²) in [6, 6.07) is -0.223. The van der Waals surface area contributed by atoms with Crippen molar-refractivity contribution in [2.45, 2.75) is 13.0 Å². The predicted molar refractivity (Wildman–Crippen MR) is 51.6 cm³/mol. The molecule has 0 fully saturated rings. The van der Waals surface area contributed by atoms with Crippen LogP contribution in [0.15, 0.2) is 4.99 Å². The van der Waals surface area contributed by atoms with Crippen LogP contribution in [0.3, 0.4) is 0 Å². The molecule has 1 aliphatic heterocycles. The Morgan fingerprint density at radius 3 is 2.85 bits per heavy atom. The maximum Gasteiger partial charge on any atom is 0.244 e. The Balaban J connectivity index is 2.40. The number of nitrogens with zero attached hydrogens (tertiary/aromatic N) is 2. The fourth-order valence-corrected chi connectivity index (χ4v) is 1.15. The summed E-state index contributed by atoms with van der Waals surface area (Å²) in [5.74, 6) is 0.777.